The highest BCUT2D eigenvalue weighted by Crippen LogP contribution is 2.32. The molecule has 0 saturated heterocycles. The molecule has 30 heavy (non-hydrogen) atoms. The van der Waals surface area contributed by atoms with E-state index in [1.54, 1.807) is 29.2 Å². The Morgan fingerprint density at radius 2 is 2.00 bits per heavy atom. The lowest BCUT2D eigenvalue weighted by Crippen LogP contribution is -2.28. The van der Waals surface area contributed by atoms with Crippen molar-refractivity contribution in [1.82, 2.24) is 34.8 Å². The summed E-state index contributed by atoms with van der Waals surface area (Å²) in [6.07, 6.45) is 4.99. The summed E-state index contributed by atoms with van der Waals surface area (Å²) < 4.78 is 1.68. The van der Waals surface area contributed by atoms with E-state index in [4.69, 9.17) is 0 Å². The molecule has 0 aliphatic rings. The number of aromatic nitrogens is 6. The van der Waals surface area contributed by atoms with Gasteiger partial charge in [-0.3, -0.25) is 9.88 Å². The third-order valence-electron chi connectivity index (χ3n) is 4.59. The van der Waals surface area contributed by atoms with Crippen LogP contribution in [0.25, 0.3) is 33.7 Å². The Balaban J connectivity index is 1.91. The van der Waals surface area contributed by atoms with Gasteiger partial charge in [0, 0.05) is 42.3 Å². The zero-order valence-electron chi connectivity index (χ0n) is 16.9. The van der Waals surface area contributed by atoms with Crippen LogP contribution in [0.3, 0.4) is 0 Å². The molecule has 154 valence electrons. The largest absolute Gasteiger partial charge is 0.338 e. The van der Waals surface area contributed by atoms with Crippen LogP contribution in [0.5, 0.6) is 0 Å². The van der Waals surface area contributed by atoms with Gasteiger partial charge >= 0.3 is 11.7 Å². The predicted octanol–water partition coefficient (Wildman–Crippen LogP) is 2.90. The van der Waals surface area contributed by atoms with Gasteiger partial charge in [0.05, 0.1) is 11.2 Å². The molecule has 0 fully saturated rings. The van der Waals surface area contributed by atoms with E-state index < -0.39 is 0 Å². The van der Waals surface area contributed by atoms with E-state index in [0.717, 1.165) is 11.3 Å². The van der Waals surface area contributed by atoms with Gasteiger partial charge in [-0.15, -0.1) is 0 Å². The SMILES string of the molecule is CCNC(=O)Nc1nc2c(-c3ncccn3)cc(-c3c[nH]c(=O)n3C(C)C)cc2[nH]1. The highest BCUT2D eigenvalue weighted by molar-refractivity contribution is 5.97. The molecule has 0 aliphatic heterocycles. The van der Waals surface area contributed by atoms with E-state index in [2.05, 4.69) is 35.6 Å². The van der Waals surface area contributed by atoms with Crippen molar-refractivity contribution in [1.29, 1.82) is 0 Å². The molecule has 4 N–H and O–H groups in total. The van der Waals surface area contributed by atoms with Crippen LogP contribution >= 0.6 is 0 Å². The monoisotopic (exact) mass is 406 g/mol. The van der Waals surface area contributed by atoms with Gasteiger partial charge in [-0.2, -0.15) is 0 Å². The Morgan fingerprint density at radius 1 is 1.23 bits per heavy atom. The second-order valence-corrected chi connectivity index (χ2v) is 7.01. The molecule has 1 aromatic carbocycles. The van der Waals surface area contributed by atoms with Gasteiger partial charge in [-0.25, -0.2) is 24.5 Å². The lowest BCUT2D eigenvalue weighted by molar-refractivity contribution is 0.252. The minimum atomic E-state index is -0.353. The van der Waals surface area contributed by atoms with E-state index in [-0.39, 0.29) is 17.8 Å². The normalized spacial score (nSPS) is 11.2. The fraction of sp³-hybridized carbons (Fsp3) is 0.250. The number of rotatable bonds is 5. The zero-order chi connectivity index (χ0) is 21.3. The first-order valence-corrected chi connectivity index (χ1v) is 9.64. The quantitative estimate of drug-likeness (QED) is 0.404. The van der Waals surface area contributed by atoms with Crippen LogP contribution in [0.1, 0.15) is 26.8 Å². The first-order valence-electron chi connectivity index (χ1n) is 9.64. The molecule has 0 unspecified atom stereocenters. The summed E-state index contributed by atoms with van der Waals surface area (Å²) in [5.74, 6) is 0.801. The van der Waals surface area contributed by atoms with Crippen molar-refractivity contribution in [3.8, 4) is 22.6 Å². The summed E-state index contributed by atoms with van der Waals surface area (Å²) in [6.45, 7) is 6.23. The zero-order valence-corrected chi connectivity index (χ0v) is 16.9. The summed E-state index contributed by atoms with van der Waals surface area (Å²) in [5, 5.41) is 5.35. The molecule has 0 spiro atoms. The number of H-pyrrole nitrogens is 2. The number of imidazole rings is 2. The lowest BCUT2D eigenvalue weighted by atomic mass is 10.1. The molecule has 0 saturated carbocycles. The second-order valence-electron chi connectivity index (χ2n) is 7.01. The number of nitrogens with one attached hydrogen (secondary N) is 4. The number of amides is 2. The van der Waals surface area contributed by atoms with Gasteiger partial charge in [0.2, 0.25) is 5.95 Å². The fourth-order valence-corrected chi connectivity index (χ4v) is 3.36. The molecule has 0 atom stereocenters. The van der Waals surface area contributed by atoms with Crippen LogP contribution in [0.15, 0.2) is 41.6 Å². The summed E-state index contributed by atoms with van der Waals surface area (Å²) in [4.78, 5) is 43.3. The topological polar surface area (TPSA) is 133 Å². The average molecular weight is 406 g/mol. The molecule has 0 radical (unpaired) electrons. The Hall–Kier alpha value is -3.95. The lowest BCUT2D eigenvalue weighted by Gasteiger charge is -2.12. The number of nitrogens with zero attached hydrogens (tertiary/aromatic N) is 4. The predicted molar refractivity (Wildman–Crippen MR) is 114 cm³/mol. The van der Waals surface area contributed by atoms with Crippen molar-refractivity contribution in [2.24, 2.45) is 0 Å². The molecule has 10 heteroatoms. The van der Waals surface area contributed by atoms with Gasteiger partial charge in [-0.05, 0) is 39.0 Å². The van der Waals surface area contributed by atoms with Crippen molar-refractivity contribution in [3.05, 3.63) is 47.3 Å². The number of fused-ring (bicyclic) bond motifs is 1. The van der Waals surface area contributed by atoms with E-state index in [1.165, 1.54) is 0 Å². The smallest absolute Gasteiger partial charge is 0.326 e. The third kappa shape index (κ3) is 3.54. The maximum absolute atomic E-state index is 12.3. The highest BCUT2D eigenvalue weighted by atomic mass is 16.2. The fourth-order valence-electron chi connectivity index (χ4n) is 3.36. The van der Waals surface area contributed by atoms with Crippen LogP contribution in [0.4, 0.5) is 10.7 Å². The van der Waals surface area contributed by atoms with Crippen molar-refractivity contribution in [2.45, 2.75) is 26.8 Å². The van der Waals surface area contributed by atoms with E-state index in [9.17, 15) is 9.59 Å². The highest BCUT2D eigenvalue weighted by Gasteiger charge is 2.18. The van der Waals surface area contributed by atoms with Crippen molar-refractivity contribution in [3.63, 3.8) is 0 Å². The van der Waals surface area contributed by atoms with Crippen molar-refractivity contribution >= 4 is 23.0 Å². The van der Waals surface area contributed by atoms with Gasteiger partial charge in [0.25, 0.3) is 0 Å². The Labute approximate surface area is 171 Å². The van der Waals surface area contributed by atoms with E-state index in [0.29, 0.717) is 34.9 Å². The third-order valence-corrected chi connectivity index (χ3v) is 4.59. The average Bonchev–Trinajstić information content (AvgIpc) is 3.30. The number of carbonyl (C=O) groups excluding carboxylic acids is 1. The molecule has 3 heterocycles. The molecule has 0 bridgehead atoms. The van der Waals surface area contributed by atoms with Crippen molar-refractivity contribution < 1.29 is 4.79 Å². The Kier molecular flexibility index (Phi) is 5.05. The first-order chi connectivity index (χ1) is 14.5. The molecule has 0 aliphatic carbocycles. The minimum Gasteiger partial charge on any atom is -0.338 e. The van der Waals surface area contributed by atoms with Gasteiger partial charge in [-0.1, -0.05) is 0 Å². The maximum Gasteiger partial charge on any atom is 0.326 e. The van der Waals surface area contributed by atoms with Crippen molar-refractivity contribution in [2.75, 3.05) is 11.9 Å². The van der Waals surface area contributed by atoms with Gasteiger partial charge < -0.3 is 15.3 Å². The molecule has 10 nitrogen and oxygen atoms in total. The number of hydrogen-bond donors (Lipinski definition) is 4. The van der Waals surface area contributed by atoms with Gasteiger partial charge in [0.1, 0.15) is 5.52 Å². The number of carbonyl (C=O) groups is 1. The number of anilines is 1. The van der Waals surface area contributed by atoms with Crippen LogP contribution in [-0.2, 0) is 0 Å². The van der Waals surface area contributed by atoms with Crippen LogP contribution in [0.2, 0.25) is 0 Å². The summed E-state index contributed by atoms with van der Waals surface area (Å²) in [7, 11) is 0. The molecular weight excluding hydrogens is 384 g/mol. The molecule has 4 aromatic rings. The standard InChI is InChI=1S/C20H22N8O2/c1-4-21-19(29)27-18-25-14-9-12(15-10-24-20(30)28(15)11(2)3)8-13(16(14)26-18)17-22-6-5-7-23-17/h5-11H,4H2,1-3H3,(H,24,30)(H3,21,25,26,27,29). The summed E-state index contributed by atoms with van der Waals surface area (Å²) in [5.41, 5.74) is 3.34. The van der Waals surface area contributed by atoms with Crippen LogP contribution in [0, 0.1) is 0 Å². The van der Waals surface area contributed by atoms with Gasteiger partial charge in [0.15, 0.2) is 5.82 Å². The van der Waals surface area contributed by atoms with E-state index in [1.807, 2.05) is 32.9 Å². The number of urea groups is 1. The maximum atomic E-state index is 12.3. The molecular formula is C20H22N8O2. The minimum absolute atomic E-state index is 0.0254. The summed E-state index contributed by atoms with van der Waals surface area (Å²) >= 11 is 0. The molecule has 4 rings (SSSR count). The van der Waals surface area contributed by atoms with Crippen LogP contribution < -0.4 is 16.3 Å². The Morgan fingerprint density at radius 3 is 2.70 bits per heavy atom. The Bertz CT molecular complexity index is 1250. The first kappa shape index (κ1) is 19.4. The summed E-state index contributed by atoms with van der Waals surface area (Å²) in [6, 6.07) is 5.14. The number of benzene rings is 1. The molecule has 3 aromatic heterocycles. The number of hydrogen-bond acceptors (Lipinski definition) is 5. The number of aromatic amines is 2. The van der Waals surface area contributed by atoms with Crippen LogP contribution in [-0.4, -0.2) is 42.1 Å². The second kappa shape index (κ2) is 7.82. The molecule has 2 amide bonds. The van der Waals surface area contributed by atoms with E-state index >= 15 is 0 Å².